The zero-order valence-electron chi connectivity index (χ0n) is 19.5. The molecule has 36 heavy (non-hydrogen) atoms. The molecule has 4 rings (SSSR count). The topological polar surface area (TPSA) is 143 Å². The number of nitrogens with one attached hydrogen (secondary N) is 1. The maximum atomic E-state index is 13.2. The van der Waals surface area contributed by atoms with Crippen molar-refractivity contribution in [1.82, 2.24) is 29.7 Å². The van der Waals surface area contributed by atoms with Crippen LogP contribution in [-0.4, -0.2) is 65.2 Å². The van der Waals surface area contributed by atoms with Gasteiger partial charge in [-0.1, -0.05) is 6.07 Å². The largest absolute Gasteiger partial charge is 0.494 e. The number of nitrogens with zero attached hydrogens (tertiary/aromatic N) is 6. The highest BCUT2D eigenvalue weighted by Gasteiger charge is 2.28. The van der Waals surface area contributed by atoms with Crippen LogP contribution in [0.15, 0.2) is 55.1 Å². The van der Waals surface area contributed by atoms with E-state index in [1.54, 1.807) is 42.7 Å². The van der Waals surface area contributed by atoms with E-state index in [9.17, 15) is 12.8 Å². The standard InChI is InChI=1S/C22H22FN7O5S/c1-33-16-7-4-8-17(34-2)19(16)30-21(14-6-5-9-24-10-14)27-28-22(30)29-36(31,32)13-18(35-3)20-25-11-15(23)12-26-20/h4-12,18H,13H2,1-3H3,(H,28,29)/t18-/m1/s1. The van der Waals surface area contributed by atoms with Crippen LogP contribution in [0, 0.1) is 5.82 Å². The van der Waals surface area contributed by atoms with E-state index >= 15 is 0 Å². The number of halogens is 1. The summed E-state index contributed by atoms with van der Waals surface area (Å²) >= 11 is 0. The van der Waals surface area contributed by atoms with Gasteiger partial charge >= 0.3 is 0 Å². The fraction of sp³-hybridized carbons (Fsp3) is 0.227. The van der Waals surface area contributed by atoms with Crippen molar-refractivity contribution in [3.8, 4) is 28.6 Å². The van der Waals surface area contributed by atoms with Crippen LogP contribution in [0.5, 0.6) is 11.5 Å². The van der Waals surface area contributed by atoms with Crippen molar-refractivity contribution in [3.63, 3.8) is 0 Å². The summed E-state index contributed by atoms with van der Waals surface area (Å²) in [5.74, 6) is -0.305. The molecule has 1 aromatic carbocycles. The molecule has 0 unspecified atom stereocenters. The number of aromatic nitrogens is 6. The van der Waals surface area contributed by atoms with Crippen LogP contribution < -0.4 is 14.2 Å². The van der Waals surface area contributed by atoms with Gasteiger partial charge in [0.1, 0.15) is 29.0 Å². The van der Waals surface area contributed by atoms with Gasteiger partial charge in [-0.3, -0.25) is 14.3 Å². The maximum absolute atomic E-state index is 13.2. The third kappa shape index (κ3) is 5.23. The molecule has 0 spiro atoms. The van der Waals surface area contributed by atoms with Crippen LogP contribution in [0.1, 0.15) is 11.9 Å². The van der Waals surface area contributed by atoms with Gasteiger partial charge in [-0.15, -0.1) is 10.2 Å². The Kier molecular flexibility index (Phi) is 7.36. The van der Waals surface area contributed by atoms with Gasteiger partial charge in [0.2, 0.25) is 16.0 Å². The van der Waals surface area contributed by atoms with Gasteiger partial charge in [-0.05, 0) is 24.3 Å². The quantitative estimate of drug-likeness (QED) is 0.334. The number of hydrogen-bond acceptors (Lipinski definition) is 10. The molecule has 0 radical (unpaired) electrons. The lowest BCUT2D eigenvalue weighted by molar-refractivity contribution is 0.114. The molecule has 0 saturated carbocycles. The Hall–Kier alpha value is -4.17. The van der Waals surface area contributed by atoms with E-state index in [0.29, 0.717) is 22.7 Å². The first-order chi connectivity index (χ1) is 17.4. The van der Waals surface area contributed by atoms with Crippen LogP contribution in [0.4, 0.5) is 10.3 Å². The molecule has 0 fully saturated rings. The summed E-state index contributed by atoms with van der Waals surface area (Å²) in [5.41, 5.74) is 0.937. The third-order valence-corrected chi connectivity index (χ3v) is 6.27. The normalized spacial score (nSPS) is 12.2. The lowest BCUT2D eigenvalue weighted by Gasteiger charge is -2.18. The maximum Gasteiger partial charge on any atom is 0.243 e. The second kappa shape index (κ2) is 10.6. The molecule has 0 aliphatic carbocycles. The van der Waals surface area contributed by atoms with Gasteiger partial charge < -0.3 is 14.2 Å². The average Bonchev–Trinajstić information content (AvgIpc) is 3.29. The minimum absolute atomic E-state index is 0.00758. The molecule has 0 saturated heterocycles. The number of anilines is 1. The van der Waals surface area contributed by atoms with Crippen molar-refractivity contribution >= 4 is 16.0 Å². The Morgan fingerprint density at radius 3 is 2.28 bits per heavy atom. The van der Waals surface area contributed by atoms with E-state index in [1.807, 2.05) is 0 Å². The number of benzene rings is 1. The molecule has 3 aromatic heterocycles. The highest BCUT2D eigenvalue weighted by Crippen LogP contribution is 2.37. The summed E-state index contributed by atoms with van der Waals surface area (Å²) in [7, 11) is 0.138. The summed E-state index contributed by atoms with van der Waals surface area (Å²) in [6, 6.07) is 8.57. The van der Waals surface area contributed by atoms with Crippen molar-refractivity contribution in [2.75, 3.05) is 31.8 Å². The Balaban J connectivity index is 1.79. The van der Waals surface area contributed by atoms with E-state index < -0.39 is 27.7 Å². The predicted molar refractivity (Wildman–Crippen MR) is 127 cm³/mol. The zero-order chi connectivity index (χ0) is 25.7. The highest BCUT2D eigenvalue weighted by molar-refractivity contribution is 7.92. The minimum atomic E-state index is -4.11. The van der Waals surface area contributed by atoms with Gasteiger partial charge in [-0.25, -0.2) is 22.8 Å². The number of methoxy groups -OCH3 is 3. The summed E-state index contributed by atoms with van der Waals surface area (Å²) in [6.07, 6.45) is 3.95. The van der Waals surface area contributed by atoms with Crippen LogP contribution >= 0.6 is 0 Å². The number of para-hydroxylation sites is 1. The SMILES string of the molecule is COc1cccc(OC)c1-n1c(NS(=O)(=O)C[C@@H](OC)c2ncc(F)cn2)nnc1-c1cccnc1. The van der Waals surface area contributed by atoms with Gasteiger partial charge in [0, 0.05) is 25.1 Å². The van der Waals surface area contributed by atoms with Crippen LogP contribution in [-0.2, 0) is 14.8 Å². The lowest BCUT2D eigenvalue weighted by atomic mass is 10.2. The smallest absolute Gasteiger partial charge is 0.243 e. The summed E-state index contributed by atoms with van der Waals surface area (Å²) in [5, 5.41) is 8.29. The number of sulfonamides is 1. The monoisotopic (exact) mass is 515 g/mol. The molecule has 14 heteroatoms. The zero-order valence-corrected chi connectivity index (χ0v) is 20.3. The number of pyridine rings is 1. The summed E-state index contributed by atoms with van der Waals surface area (Å²) in [6.45, 7) is 0. The second-order valence-electron chi connectivity index (χ2n) is 7.30. The van der Waals surface area contributed by atoms with Crippen molar-refractivity contribution in [3.05, 3.63) is 66.8 Å². The molecule has 1 atom stereocenters. The van der Waals surface area contributed by atoms with E-state index in [2.05, 4.69) is 29.9 Å². The molecule has 0 bridgehead atoms. The first-order valence-electron chi connectivity index (χ1n) is 10.4. The Morgan fingerprint density at radius 1 is 1.00 bits per heavy atom. The first kappa shape index (κ1) is 24.9. The van der Waals surface area contributed by atoms with Crippen LogP contribution in [0.25, 0.3) is 17.1 Å². The minimum Gasteiger partial charge on any atom is -0.494 e. The van der Waals surface area contributed by atoms with E-state index in [1.165, 1.54) is 25.9 Å². The Bertz CT molecular complexity index is 1410. The van der Waals surface area contributed by atoms with E-state index in [-0.39, 0.29) is 17.6 Å². The van der Waals surface area contributed by atoms with Crippen molar-refractivity contribution in [1.29, 1.82) is 0 Å². The Morgan fingerprint density at radius 2 is 1.69 bits per heavy atom. The van der Waals surface area contributed by atoms with Gasteiger partial charge in [0.15, 0.2) is 17.5 Å². The molecule has 1 N–H and O–H groups in total. The summed E-state index contributed by atoms with van der Waals surface area (Å²) in [4.78, 5) is 11.8. The molecule has 0 aliphatic rings. The van der Waals surface area contributed by atoms with Crippen molar-refractivity contribution in [2.24, 2.45) is 0 Å². The molecular formula is C22H22FN7O5S. The van der Waals surface area contributed by atoms with Crippen LogP contribution in [0.2, 0.25) is 0 Å². The Labute approximate surface area is 206 Å². The van der Waals surface area contributed by atoms with Crippen molar-refractivity contribution in [2.45, 2.75) is 6.10 Å². The van der Waals surface area contributed by atoms with Crippen LogP contribution in [0.3, 0.4) is 0 Å². The highest BCUT2D eigenvalue weighted by atomic mass is 32.2. The number of rotatable bonds is 10. The first-order valence-corrected chi connectivity index (χ1v) is 12.1. The average molecular weight is 516 g/mol. The molecular weight excluding hydrogens is 493 g/mol. The molecule has 0 amide bonds. The fourth-order valence-corrected chi connectivity index (χ4v) is 4.59. The third-order valence-electron chi connectivity index (χ3n) is 5.04. The fourth-order valence-electron chi connectivity index (χ4n) is 3.41. The van der Waals surface area contributed by atoms with Gasteiger partial charge in [-0.2, -0.15) is 0 Å². The molecule has 3 heterocycles. The van der Waals surface area contributed by atoms with Gasteiger partial charge in [0.05, 0.1) is 26.6 Å². The summed E-state index contributed by atoms with van der Waals surface area (Å²) < 4.78 is 59.8. The molecule has 12 nitrogen and oxygen atoms in total. The second-order valence-corrected chi connectivity index (χ2v) is 9.07. The lowest BCUT2D eigenvalue weighted by Crippen LogP contribution is -2.25. The molecule has 188 valence electrons. The van der Waals surface area contributed by atoms with E-state index in [4.69, 9.17) is 14.2 Å². The van der Waals surface area contributed by atoms with E-state index in [0.717, 1.165) is 12.4 Å². The van der Waals surface area contributed by atoms with Gasteiger partial charge in [0.25, 0.3) is 0 Å². The predicted octanol–water partition coefficient (Wildman–Crippen LogP) is 2.41. The number of ether oxygens (including phenoxy) is 3. The van der Waals surface area contributed by atoms with Crippen molar-refractivity contribution < 1.29 is 27.0 Å². The molecule has 4 aromatic rings. The molecule has 0 aliphatic heterocycles. The number of hydrogen-bond donors (Lipinski definition) is 1.